The lowest BCUT2D eigenvalue weighted by Gasteiger charge is -2.21. The quantitative estimate of drug-likeness (QED) is 0.176. The average Bonchev–Trinajstić information content (AvgIpc) is 3.69. The van der Waals surface area contributed by atoms with Crippen LogP contribution in [0.2, 0.25) is 0 Å². The zero-order valence-corrected chi connectivity index (χ0v) is 24.9. The van der Waals surface area contributed by atoms with E-state index in [1.165, 1.54) is 6.42 Å². The van der Waals surface area contributed by atoms with E-state index < -0.39 is 6.10 Å². The molecule has 0 aliphatic heterocycles. The number of aromatic nitrogens is 6. The van der Waals surface area contributed by atoms with Crippen LogP contribution in [0.25, 0.3) is 11.0 Å². The number of aromatic amines is 1. The minimum Gasteiger partial charge on any atom is -0.478 e. The number of nitrogens with one attached hydrogen (secondary N) is 2. The number of H-pyrrole nitrogens is 1. The van der Waals surface area contributed by atoms with Gasteiger partial charge in [-0.05, 0) is 72.0 Å². The van der Waals surface area contributed by atoms with Crippen molar-refractivity contribution in [2.24, 2.45) is 5.92 Å². The number of aryl methyl sites for hydroxylation is 2. The van der Waals surface area contributed by atoms with Crippen LogP contribution < -0.4 is 10.1 Å². The molecule has 0 spiro atoms. The van der Waals surface area contributed by atoms with Gasteiger partial charge in [0.25, 0.3) is 0 Å². The predicted molar refractivity (Wildman–Crippen MR) is 167 cm³/mol. The van der Waals surface area contributed by atoms with Gasteiger partial charge in [-0.3, -0.25) is 4.79 Å². The van der Waals surface area contributed by atoms with Crippen molar-refractivity contribution >= 4 is 22.6 Å². The number of rotatable bonds is 11. The maximum Gasteiger partial charge on any atom is 0.227 e. The molecule has 9 nitrogen and oxygen atoms in total. The molecule has 3 aromatic carbocycles. The summed E-state index contributed by atoms with van der Waals surface area (Å²) in [7, 11) is 0. The molecule has 1 saturated carbocycles. The molecular weight excluding hydrogens is 538 g/mol. The Kier molecular flexibility index (Phi) is 8.77. The maximum atomic E-state index is 13.1. The number of hydrogen-bond donors (Lipinski definition) is 2. The molecule has 2 heterocycles. The van der Waals surface area contributed by atoms with Crippen LogP contribution in [-0.4, -0.2) is 36.1 Å². The Balaban J connectivity index is 1.26. The Morgan fingerprint density at radius 1 is 1.07 bits per heavy atom. The molecule has 0 bridgehead atoms. The molecule has 222 valence electrons. The van der Waals surface area contributed by atoms with E-state index >= 15 is 0 Å². The second-order valence-electron chi connectivity index (χ2n) is 11.5. The van der Waals surface area contributed by atoms with Crippen LogP contribution in [-0.2, 0) is 17.8 Å². The van der Waals surface area contributed by atoms with Gasteiger partial charge in [0.15, 0.2) is 11.9 Å². The van der Waals surface area contributed by atoms with Crippen molar-refractivity contribution < 1.29 is 9.53 Å². The molecule has 2 aromatic heterocycles. The van der Waals surface area contributed by atoms with Crippen LogP contribution in [0.3, 0.4) is 0 Å². The molecule has 1 aliphatic carbocycles. The predicted octanol–water partition coefficient (Wildman–Crippen LogP) is 6.94. The molecule has 1 fully saturated rings. The maximum absolute atomic E-state index is 13.1. The third-order valence-electron chi connectivity index (χ3n) is 8.35. The Morgan fingerprint density at radius 2 is 1.86 bits per heavy atom. The topological polar surface area (TPSA) is 111 Å². The SMILES string of the molecule is CCCCc1nc2c(C)cc(NC(=O)C3CCCCC3)cc2n1Cc1ccc(OC(c2ccccc2)c2nnn[nH]2)cc1. The molecule has 6 rings (SSSR count). The summed E-state index contributed by atoms with van der Waals surface area (Å²) in [6.07, 6.45) is 8.08. The molecule has 1 atom stereocenters. The van der Waals surface area contributed by atoms with E-state index in [1.807, 2.05) is 42.5 Å². The number of unbranched alkanes of at least 4 members (excludes halogenated alkanes) is 1. The standard InChI is InChI=1S/C34H39N7O2/c1-3-4-15-30-36-31-23(2)20-27(35-34(42)26-13-9-6-10-14-26)21-29(31)41(30)22-24-16-18-28(19-17-24)43-32(33-37-39-40-38-33)25-11-7-5-8-12-25/h5,7-8,11-12,16-21,26,32H,3-4,6,9-10,13-15,22H2,1-2H3,(H,35,42)(H,37,38,39,40). The van der Waals surface area contributed by atoms with E-state index in [4.69, 9.17) is 9.72 Å². The number of fused-ring (bicyclic) bond motifs is 1. The van der Waals surface area contributed by atoms with Crippen molar-refractivity contribution in [1.82, 2.24) is 30.2 Å². The van der Waals surface area contributed by atoms with E-state index in [0.29, 0.717) is 12.4 Å². The van der Waals surface area contributed by atoms with Crippen LogP contribution in [0.1, 0.15) is 86.3 Å². The lowest BCUT2D eigenvalue weighted by molar-refractivity contribution is -0.120. The van der Waals surface area contributed by atoms with Crippen LogP contribution >= 0.6 is 0 Å². The largest absolute Gasteiger partial charge is 0.478 e. The van der Waals surface area contributed by atoms with E-state index in [9.17, 15) is 4.79 Å². The van der Waals surface area contributed by atoms with Gasteiger partial charge < -0.3 is 14.6 Å². The first-order chi connectivity index (χ1) is 21.1. The van der Waals surface area contributed by atoms with Crippen LogP contribution in [0.4, 0.5) is 5.69 Å². The molecule has 9 heteroatoms. The van der Waals surface area contributed by atoms with Crippen molar-refractivity contribution in [1.29, 1.82) is 0 Å². The molecule has 0 saturated heterocycles. The number of hydrogen-bond acceptors (Lipinski definition) is 6. The second kappa shape index (κ2) is 13.2. The van der Waals surface area contributed by atoms with Crippen molar-refractivity contribution in [2.75, 3.05) is 5.32 Å². The third-order valence-corrected chi connectivity index (χ3v) is 8.35. The number of imidazole rings is 1. The number of amides is 1. The summed E-state index contributed by atoms with van der Waals surface area (Å²) in [6, 6.07) is 22.2. The summed E-state index contributed by atoms with van der Waals surface area (Å²) in [5.41, 5.74) is 6.06. The molecule has 43 heavy (non-hydrogen) atoms. The van der Waals surface area contributed by atoms with Gasteiger partial charge in [0.2, 0.25) is 5.91 Å². The Morgan fingerprint density at radius 3 is 2.58 bits per heavy atom. The highest BCUT2D eigenvalue weighted by molar-refractivity contribution is 5.95. The number of anilines is 1. The van der Waals surface area contributed by atoms with Gasteiger partial charge in [0.05, 0.1) is 11.0 Å². The molecule has 1 unspecified atom stereocenters. The summed E-state index contributed by atoms with van der Waals surface area (Å²) >= 11 is 0. The highest BCUT2D eigenvalue weighted by Crippen LogP contribution is 2.30. The van der Waals surface area contributed by atoms with Gasteiger partial charge in [0, 0.05) is 30.1 Å². The monoisotopic (exact) mass is 577 g/mol. The van der Waals surface area contributed by atoms with Crippen LogP contribution in [0.5, 0.6) is 5.75 Å². The van der Waals surface area contributed by atoms with E-state index in [2.05, 4.69) is 68.6 Å². The summed E-state index contributed by atoms with van der Waals surface area (Å²) in [5, 5.41) is 17.6. The minimum absolute atomic E-state index is 0.109. The molecule has 1 amide bonds. The molecular formula is C34H39N7O2. The van der Waals surface area contributed by atoms with Gasteiger partial charge >= 0.3 is 0 Å². The highest BCUT2D eigenvalue weighted by atomic mass is 16.5. The van der Waals surface area contributed by atoms with E-state index in [1.54, 1.807) is 0 Å². The fourth-order valence-electron chi connectivity index (χ4n) is 6.00. The lowest BCUT2D eigenvalue weighted by Crippen LogP contribution is -2.24. The second-order valence-corrected chi connectivity index (χ2v) is 11.5. The number of tetrazole rings is 1. The van der Waals surface area contributed by atoms with E-state index in [0.717, 1.165) is 89.9 Å². The summed E-state index contributed by atoms with van der Waals surface area (Å²) in [6.45, 7) is 4.95. The highest BCUT2D eigenvalue weighted by Gasteiger charge is 2.23. The molecule has 5 aromatic rings. The number of carbonyl (C=O) groups excluding carboxylic acids is 1. The van der Waals surface area contributed by atoms with Gasteiger partial charge in [-0.25, -0.2) is 10.1 Å². The first-order valence-corrected chi connectivity index (χ1v) is 15.4. The lowest BCUT2D eigenvalue weighted by atomic mass is 9.88. The smallest absolute Gasteiger partial charge is 0.227 e. The van der Waals surface area contributed by atoms with Crippen LogP contribution in [0.15, 0.2) is 66.7 Å². The Hall–Kier alpha value is -4.53. The van der Waals surface area contributed by atoms with Crippen molar-refractivity contribution in [3.8, 4) is 5.75 Å². The summed E-state index contributed by atoms with van der Waals surface area (Å²) in [5.74, 6) is 2.58. The number of nitrogens with zero attached hydrogens (tertiary/aromatic N) is 5. The van der Waals surface area contributed by atoms with Gasteiger partial charge in [-0.2, -0.15) is 0 Å². The number of benzene rings is 3. The molecule has 0 radical (unpaired) electrons. The molecule has 2 N–H and O–H groups in total. The minimum atomic E-state index is -0.453. The zero-order chi connectivity index (χ0) is 29.6. The van der Waals surface area contributed by atoms with Crippen molar-refractivity contribution in [2.45, 2.75) is 77.9 Å². The Bertz CT molecular complexity index is 1640. The first-order valence-electron chi connectivity index (χ1n) is 15.4. The number of carbonyl (C=O) groups is 1. The third kappa shape index (κ3) is 6.61. The average molecular weight is 578 g/mol. The van der Waals surface area contributed by atoms with Gasteiger partial charge in [-0.1, -0.05) is 75.1 Å². The summed E-state index contributed by atoms with van der Waals surface area (Å²) in [4.78, 5) is 18.1. The summed E-state index contributed by atoms with van der Waals surface area (Å²) < 4.78 is 8.67. The van der Waals surface area contributed by atoms with Crippen molar-refractivity contribution in [3.63, 3.8) is 0 Å². The van der Waals surface area contributed by atoms with Crippen molar-refractivity contribution in [3.05, 3.63) is 95.1 Å². The first kappa shape index (κ1) is 28.6. The zero-order valence-electron chi connectivity index (χ0n) is 24.9. The van der Waals surface area contributed by atoms with E-state index in [-0.39, 0.29) is 11.8 Å². The Labute approximate surface area is 252 Å². The number of ether oxygens (including phenoxy) is 1. The van der Waals surface area contributed by atoms with Gasteiger partial charge in [-0.15, -0.1) is 5.10 Å². The van der Waals surface area contributed by atoms with Crippen LogP contribution in [0, 0.1) is 12.8 Å². The normalized spacial score (nSPS) is 14.6. The fraction of sp³-hybridized carbons (Fsp3) is 0.382. The van der Waals surface area contributed by atoms with Gasteiger partial charge in [0.1, 0.15) is 11.6 Å². The fourth-order valence-corrected chi connectivity index (χ4v) is 6.00. The molecule has 1 aliphatic rings.